The predicted molar refractivity (Wildman–Crippen MR) is 112 cm³/mol. The first-order chi connectivity index (χ1) is 13.4. The minimum atomic E-state index is 1.05. The summed E-state index contributed by atoms with van der Waals surface area (Å²) in [5.74, 6) is 0. The highest BCUT2D eigenvalue weighted by molar-refractivity contribution is 5.85. The van der Waals surface area contributed by atoms with Gasteiger partial charge < -0.3 is 9.47 Å². The zero-order chi connectivity index (χ0) is 18.1. The molecular weight excluding hydrogens is 330 g/mol. The molecule has 5 rings (SSSR count). The van der Waals surface area contributed by atoms with Crippen LogP contribution in [0.3, 0.4) is 0 Å². The summed E-state index contributed by atoms with van der Waals surface area (Å²) in [6, 6.07) is 19.9. The number of para-hydroxylation sites is 1. The molecule has 3 aromatic rings. The SMILES string of the molecule is c1ccc(CN2CCc3c(c4ccccc4n3CCN3CCCC3)C2)cc1. The summed E-state index contributed by atoms with van der Waals surface area (Å²) in [7, 11) is 0. The van der Waals surface area contributed by atoms with Crippen LogP contribution in [0.4, 0.5) is 0 Å². The molecule has 1 fully saturated rings. The van der Waals surface area contributed by atoms with Crippen LogP contribution >= 0.6 is 0 Å². The minimum absolute atomic E-state index is 1.05. The largest absolute Gasteiger partial charge is 0.343 e. The summed E-state index contributed by atoms with van der Waals surface area (Å²) in [6.07, 6.45) is 3.91. The van der Waals surface area contributed by atoms with Gasteiger partial charge in [0.2, 0.25) is 0 Å². The zero-order valence-corrected chi connectivity index (χ0v) is 16.1. The number of nitrogens with zero attached hydrogens (tertiary/aromatic N) is 3. The van der Waals surface area contributed by atoms with Gasteiger partial charge in [0.05, 0.1) is 0 Å². The number of rotatable bonds is 5. The molecule has 0 saturated carbocycles. The lowest BCUT2D eigenvalue weighted by atomic mass is 10.0. The maximum Gasteiger partial charge on any atom is 0.0486 e. The Hall–Kier alpha value is -2.10. The van der Waals surface area contributed by atoms with E-state index >= 15 is 0 Å². The number of fused-ring (bicyclic) bond motifs is 3. The van der Waals surface area contributed by atoms with Crippen LogP contribution in [0.15, 0.2) is 54.6 Å². The van der Waals surface area contributed by atoms with E-state index in [1.54, 1.807) is 11.3 Å². The number of benzene rings is 2. The Morgan fingerprint density at radius 3 is 2.37 bits per heavy atom. The molecule has 0 spiro atoms. The van der Waals surface area contributed by atoms with Crippen molar-refractivity contribution in [3.8, 4) is 0 Å². The molecule has 3 heterocycles. The average Bonchev–Trinajstić information content (AvgIpc) is 3.33. The zero-order valence-electron chi connectivity index (χ0n) is 16.1. The average molecular weight is 360 g/mol. The van der Waals surface area contributed by atoms with Gasteiger partial charge in [0.25, 0.3) is 0 Å². The smallest absolute Gasteiger partial charge is 0.0486 e. The molecule has 0 atom stereocenters. The molecule has 2 aliphatic heterocycles. The van der Waals surface area contributed by atoms with Crippen molar-refractivity contribution in [2.24, 2.45) is 0 Å². The normalized spacial score (nSPS) is 18.2. The maximum atomic E-state index is 2.63. The summed E-state index contributed by atoms with van der Waals surface area (Å²) >= 11 is 0. The molecule has 0 radical (unpaired) electrons. The summed E-state index contributed by atoms with van der Waals surface area (Å²) in [5, 5.41) is 1.46. The van der Waals surface area contributed by atoms with Gasteiger partial charge in [0.15, 0.2) is 0 Å². The van der Waals surface area contributed by atoms with Crippen LogP contribution in [-0.4, -0.2) is 40.5 Å². The van der Waals surface area contributed by atoms with Gasteiger partial charge in [-0.25, -0.2) is 0 Å². The van der Waals surface area contributed by atoms with Crippen molar-refractivity contribution in [3.63, 3.8) is 0 Å². The third-order valence-corrected chi connectivity index (χ3v) is 6.33. The molecule has 0 unspecified atom stereocenters. The molecular formula is C24H29N3. The van der Waals surface area contributed by atoms with E-state index in [2.05, 4.69) is 69.0 Å². The molecule has 0 N–H and O–H groups in total. The van der Waals surface area contributed by atoms with Crippen molar-refractivity contribution in [2.75, 3.05) is 26.2 Å². The van der Waals surface area contributed by atoms with Gasteiger partial charge in [-0.1, -0.05) is 48.5 Å². The van der Waals surface area contributed by atoms with Crippen LogP contribution in [0.2, 0.25) is 0 Å². The van der Waals surface area contributed by atoms with Crippen LogP contribution in [0, 0.1) is 0 Å². The van der Waals surface area contributed by atoms with E-state index in [0.29, 0.717) is 0 Å². The Bertz CT molecular complexity index is 906. The fourth-order valence-electron chi connectivity index (χ4n) is 4.94. The molecule has 1 aromatic heterocycles. The van der Waals surface area contributed by atoms with Crippen molar-refractivity contribution >= 4 is 10.9 Å². The fraction of sp³-hybridized carbons (Fsp3) is 0.417. The molecule has 0 aliphatic carbocycles. The first-order valence-corrected chi connectivity index (χ1v) is 10.5. The highest BCUT2D eigenvalue weighted by Gasteiger charge is 2.24. The second-order valence-electron chi connectivity index (χ2n) is 8.09. The van der Waals surface area contributed by atoms with Crippen molar-refractivity contribution in [3.05, 3.63) is 71.4 Å². The van der Waals surface area contributed by atoms with Crippen LogP contribution in [-0.2, 0) is 26.1 Å². The minimum Gasteiger partial charge on any atom is -0.343 e. The van der Waals surface area contributed by atoms with Gasteiger partial charge in [0.1, 0.15) is 0 Å². The molecule has 3 nitrogen and oxygen atoms in total. The fourth-order valence-corrected chi connectivity index (χ4v) is 4.94. The Balaban J connectivity index is 1.41. The van der Waals surface area contributed by atoms with E-state index < -0.39 is 0 Å². The molecule has 2 aliphatic rings. The summed E-state index contributed by atoms with van der Waals surface area (Å²) in [6.45, 7) is 8.17. The Morgan fingerprint density at radius 1 is 0.741 bits per heavy atom. The monoisotopic (exact) mass is 359 g/mol. The number of aromatic nitrogens is 1. The van der Waals surface area contributed by atoms with Crippen molar-refractivity contribution in [1.29, 1.82) is 0 Å². The number of hydrogen-bond acceptors (Lipinski definition) is 2. The lowest BCUT2D eigenvalue weighted by Crippen LogP contribution is -2.31. The van der Waals surface area contributed by atoms with Crippen LogP contribution < -0.4 is 0 Å². The van der Waals surface area contributed by atoms with Crippen molar-refractivity contribution in [2.45, 2.75) is 38.9 Å². The lowest BCUT2D eigenvalue weighted by Gasteiger charge is -2.28. The molecule has 1 saturated heterocycles. The highest BCUT2D eigenvalue weighted by atomic mass is 15.2. The molecule has 140 valence electrons. The van der Waals surface area contributed by atoms with E-state index in [4.69, 9.17) is 0 Å². The summed E-state index contributed by atoms with van der Waals surface area (Å²) in [5.41, 5.74) is 6.00. The van der Waals surface area contributed by atoms with E-state index in [9.17, 15) is 0 Å². The number of likely N-dealkylation sites (tertiary alicyclic amines) is 1. The first kappa shape index (κ1) is 17.0. The first-order valence-electron chi connectivity index (χ1n) is 10.5. The predicted octanol–water partition coefficient (Wildman–Crippen LogP) is 4.30. The van der Waals surface area contributed by atoms with E-state index in [-0.39, 0.29) is 0 Å². The summed E-state index contributed by atoms with van der Waals surface area (Å²) in [4.78, 5) is 5.24. The maximum absolute atomic E-state index is 2.63. The Morgan fingerprint density at radius 2 is 1.52 bits per heavy atom. The third-order valence-electron chi connectivity index (χ3n) is 6.33. The van der Waals surface area contributed by atoms with Crippen molar-refractivity contribution < 1.29 is 0 Å². The van der Waals surface area contributed by atoms with Crippen LogP contribution in [0.25, 0.3) is 10.9 Å². The quantitative estimate of drug-likeness (QED) is 0.673. The topological polar surface area (TPSA) is 11.4 Å². The van der Waals surface area contributed by atoms with Gasteiger partial charge in [-0.15, -0.1) is 0 Å². The lowest BCUT2D eigenvalue weighted by molar-refractivity contribution is 0.242. The van der Waals surface area contributed by atoms with E-state index in [1.165, 1.54) is 48.9 Å². The van der Waals surface area contributed by atoms with Crippen LogP contribution in [0.1, 0.15) is 29.7 Å². The second kappa shape index (κ2) is 7.49. The molecule has 0 amide bonds. The van der Waals surface area contributed by atoms with Gasteiger partial charge >= 0.3 is 0 Å². The molecule has 2 aromatic carbocycles. The third kappa shape index (κ3) is 3.42. The van der Waals surface area contributed by atoms with E-state index in [1.807, 2.05) is 0 Å². The van der Waals surface area contributed by atoms with Gasteiger partial charge in [-0.05, 0) is 43.1 Å². The molecule has 3 heteroatoms. The van der Waals surface area contributed by atoms with Crippen LogP contribution in [0.5, 0.6) is 0 Å². The van der Waals surface area contributed by atoms with Gasteiger partial charge in [-0.2, -0.15) is 0 Å². The number of hydrogen-bond donors (Lipinski definition) is 0. The molecule has 27 heavy (non-hydrogen) atoms. The van der Waals surface area contributed by atoms with Gasteiger partial charge in [-0.3, -0.25) is 4.90 Å². The molecule has 0 bridgehead atoms. The summed E-state index contributed by atoms with van der Waals surface area (Å²) < 4.78 is 2.63. The van der Waals surface area contributed by atoms with E-state index in [0.717, 1.165) is 32.6 Å². The Kier molecular flexibility index (Phi) is 4.73. The standard InChI is InChI=1S/C24H29N3/c1-2-8-20(9-3-1)18-26-15-12-24-22(19-26)21-10-4-5-11-23(21)27(24)17-16-25-13-6-7-14-25/h1-5,8-11H,6-7,12-19H2. The van der Waals surface area contributed by atoms with Crippen molar-refractivity contribution in [1.82, 2.24) is 14.4 Å². The van der Waals surface area contributed by atoms with Gasteiger partial charge in [0, 0.05) is 55.7 Å². The highest BCUT2D eigenvalue weighted by Crippen LogP contribution is 2.31. The second-order valence-corrected chi connectivity index (χ2v) is 8.09. The Labute approximate surface area is 162 Å².